The molecule has 0 aliphatic carbocycles. The molecule has 2 aromatic carbocycles. The standard InChI is InChI=1S/C22H25ClN2O5/c1-13-9-16(30-22(27)29-3)11-18(23)17(13)12-19(24)21(26)25-8-4-5-14-10-15(28-2)6-7-20(14)25/h6-7,9-11,19H,4-5,8,12,24H2,1-3H3. The second-order valence-electron chi connectivity index (χ2n) is 7.16. The van der Waals surface area contributed by atoms with Crippen molar-refractivity contribution in [1.29, 1.82) is 0 Å². The quantitative estimate of drug-likeness (QED) is 0.572. The summed E-state index contributed by atoms with van der Waals surface area (Å²) in [7, 11) is 2.85. The van der Waals surface area contributed by atoms with Crippen LogP contribution in [0.4, 0.5) is 10.5 Å². The molecule has 2 N–H and O–H groups in total. The number of rotatable bonds is 5. The average molecular weight is 433 g/mol. The van der Waals surface area contributed by atoms with Gasteiger partial charge >= 0.3 is 6.16 Å². The van der Waals surface area contributed by atoms with Crippen LogP contribution < -0.4 is 20.1 Å². The molecule has 3 rings (SSSR count). The Balaban J connectivity index is 1.78. The molecule has 1 aliphatic rings. The van der Waals surface area contributed by atoms with Crippen LogP contribution in [-0.4, -0.2) is 38.9 Å². The van der Waals surface area contributed by atoms with Gasteiger partial charge in [0.15, 0.2) is 0 Å². The number of nitrogens with two attached hydrogens (primary N) is 1. The molecule has 7 nitrogen and oxygen atoms in total. The molecule has 0 aromatic heterocycles. The lowest BCUT2D eigenvalue weighted by molar-refractivity contribution is -0.119. The highest BCUT2D eigenvalue weighted by molar-refractivity contribution is 6.31. The lowest BCUT2D eigenvalue weighted by Gasteiger charge is -2.32. The van der Waals surface area contributed by atoms with Gasteiger partial charge in [0.05, 0.1) is 20.3 Å². The number of carbonyl (C=O) groups excluding carboxylic acids is 2. The van der Waals surface area contributed by atoms with Gasteiger partial charge in [-0.2, -0.15) is 0 Å². The predicted molar refractivity (Wildman–Crippen MR) is 115 cm³/mol. The normalized spacial score (nSPS) is 14.0. The highest BCUT2D eigenvalue weighted by Gasteiger charge is 2.28. The Morgan fingerprint density at radius 3 is 2.63 bits per heavy atom. The number of aryl methyl sites for hydroxylation is 2. The summed E-state index contributed by atoms with van der Waals surface area (Å²) < 4.78 is 14.8. The Labute approximate surface area is 180 Å². The minimum atomic E-state index is -0.828. The molecule has 0 bridgehead atoms. The van der Waals surface area contributed by atoms with E-state index < -0.39 is 12.2 Å². The van der Waals surface area contributed by atoms with Gasteiger partial charge in [-0.15, -0.1) is 0 Å². The molecule has 2 aromatic rings. The van der Waals surface area contributed by atoms with Crippen molar-refractivity contribution in [3.63, 3.8) is 0 Å². The number of methoxy groups -OCH3 is 2. The van der Waals surface area contributed by atoms with Crippen molar-refractivity contribution in [2.45, 2.75) is 32.2 Å². The first kappa shape index (κ1) is 21.9. The number of benzene rings is 2. The van der Waals surface area contributed by atoms with Crippen molar-refractivity contribution in [3.8, 4) is 11.5 Å². The van der Waals surface area contributed by atoms with Crippen LogP contribution in [0, 0.1) is 6.92 Å². The number of fused-ring (bicyclic) bond motifs is 1. The van der Waals surface area contributed by atoms with Crippen LogP contribution >= 0.6 is 11.6 Å². The van der Waals surface area contributed by atoms with Crippen LogP contribution in [-0.2, 0) is 22.4 Å². The number of hydrogen-bond donors (Lipinski definition) is 1. The molecule has 0 fully saturated rings. The van der Waals surface area contributed by atoms with Crippen LogP contribution in [0.2, 0.25) is 5.02 Å². The molecular weight excluding hydrogens is 408 g/mol. The first-order valence-electron chi connectivity index (χ1n) is 9.62. The van der Waals surface area contributed by atoms with Crippen LogP contribution in [0.15, 0.2) is 30.3 Å². The molecule has 30 heavy (non-hydrogen) atoms. The molecule has 1 atom stereocenters. The number of anilines is 1. The van der Waals surface area contributed by atoms with E-state index in [0.717, 1.165) is 41.0 Å². The summed E-state index contributed by atoms with van der Waals surface area (Å²) >= 11 is 6.38. The third-order valence-electron chi connectivity index (χ3n) is 5.17. The van der Waals surface area contributed by atoms with Crippen molar-refractivity contribution in [1.82, 2.24) is 0 Å². The second kappa shape index (κ2) is 9.36. The first-order chi connectivity index (χ1) is 14.3. The number of nitrogens with zero attached hydrogens (tertiary/aromatic N) is 1. The maximum absolute atomic E-state index is 13.1. The zero-order chi connectivity index (χ0) is 21.8. The average Bonchev–Trinajstić information content (AvgIpc) is 2.74. The van der Waals surface area contributed by atoms with E-state index >= 15 is 0 Å². The van der Waals surface area contributed by atoms with Crippen molar-refractivity contribution < 1.29 is 23.8 Å². The van der Waals surface area contributed by atoms with Gasteiger partial charge in [0, 0.05) is 17.3 Å². The lowest BCUT2D eigenvalue weighted by atomic mass is 9.97. The van der Waals surface area contributed by atoms with Crippen molar-refractivity contribution in [2.24, 2.45) is 5.73 Å². The Morgan fingerprint density at radius 1 is 1.20 bits per heavy atom. The summed E-state index contributed by atoms with van der Waals surface area (Å²) in [6, 6.07) is 8.12. The van der Waals surface area contributed by atoms with E-state index in [0.29, 0.717) is 11.6 Å². The molecule has 0 saturated carbocycles. The van der Waals surface area contributed by atoms with Gasteiger partial charge in [0.1, 0.15) is 11.5 Å². The van der Waals surface area contributed by atoms with Crippen LogP contribution in [0.25, 0.3) is 0 Å². The highest BCUT2D eigenvalue weighted by Crippen LogP contribution is 2.32. The van der Waals surface area contributed by atoms with Gasteiger partial charge in [0.2, 0.25) is 5.91 Å². The Hall–Kier alpha value is -2.77. The van der Waals surface area contributed by atoms with Gasteiger partial charge in [0.25, 0.3) is 0 Å². The number of hydrogen-bond acceptors (Lipinski definition) is 6. The zero-order valence-corrected chi connectivity index (χ0v) is 18.0. The monoisotopic (exact) mass is 432 g/mol. The molecule has 8 heteroatoms. The van der Waals surface area contributed by atoms with E-state index in [9.17, 15) is 9.59 Å². The zero-order valence-electron chi connectivity index (χ0n) is 17.2. The van der Waals surface area contributed by atoms with Gasteiger partial charge in [-0.05, 0) is 73.2 Å². The van der Waals surface area contributed by atoms with Crippen molar-refractivity contribution >= 4 is 29.4 Å². The lowest BCUT2D eigenvalue weighted by Crippen LogP contribution is -2.47. The van der Waals surface area contributed by atoms with Crippen LogP contribution in [0.5, 0.6) is 11.5 Å². The topological polar surface area (TPSA) is 91.1 Å². The predicted octanol–water partition coefficient (Wildman–Crippen LogP) is 3.65. The molecule has 1 aliphatic heterocycles. The van der Waals surface area contributed by atoms with E-state index in [1.807, 2.05) is 25.1 Å². The Kier molecular flexibility index (Phi) is 6.84. The molecule has 1 heterocycles. The van der Waals surface area contributed by atoms with E-state index in [2.05, 4.69) is 4.74 Å². The van der Waals surface area contributed by atoms with E-state index in [1.165, 1.54) is 13.2 Å². The summed E-state index contributed by atoms with van der Waals surface area (Å²) in [5.74, 6) is 0.877. The third kappa shape index (κ3) is 4.68. The van der Waals surface area contributed by atoms with E-state index in [-0.39, 0.29) is 18.1 Å². The Bertz CT molecular complexity index is 940. The molecule has 0 spiro atoms. The Morgan fingerprint density at radius 2 is 1.97 bits per heavy atom. The number of halogens is 1. The minimum Gasteiger partial charge on any atom is -0.497 e. The second-order valence-corrected chi connectivity index (χ2v) is 7.56. The van der Waals surface area contributed by atoms with Crippen molar-refractivity contribution in [2.75, 3.05) is 25.7 Å². The summed E-state index contributed by atoms with van der Waals surface area (Å²) in [5.41, 5.74) is 9.74. The van der Waals surface area contributed by atoms with Crippen molar-refractivity contribution in [3.05, 3.63) is 52.0 Å². The number of amides is 1. The SMILES string of the molecule is COC(=O)Oc1cc(C)c(CC(N)C(=O)N2CCCc3cc(OC)ccc32)c(Cl)c1. The highest BCUT2D eigenvalue weighted by atomic mass is 35.5. The molecule has 0 radical (unpaired) electrons. The van der Waals surface area contributed by atoms with E-state index in [4.69, 9.17) is 26.8 Å². The maximum atomic E-state index is 13.1. The first-order valence-corrected chi connectivity index (χ1v) is 10.0. The summed E-state index contributed by atoms with van der Waals surface area (Å²) in [4.78, 5) is 26.2. The molecule has 1 unspecified atom stereocenters. The fourth-order valence-corrected chi connectivity index (χ4v) is 3.97. The molecule has 1 amide bonds. The van der Waals surface area contributed by atoms with Gasteiger partial charge in [-0.25, -0.2) is 4.79 Å². The van der Waals surface area contributed by atoms with Crippen LogP contribution in [0.1, 0.15) is 23.1 Å². The molecule has 0 saturated heterocycles. The number of ether oxygens (including phenoxy) is 3. The largest absolute Gasteiger partial charge is 0.513 e. The summed E-state index contributed by atoms with van der Waals surface area (Å²) in [6.07, 6.45) is 1.19. The molecular formula is C22H25ClN2O5. The fraction of sp³-hybridized carbons (Fsp3) is 0.364. The third-order valence-corrected chi connectivity index (χ3v) is 5.51. The van der Waals surface area contributed by atoms with E-state index in [1.54, 1.807) is 18.1 Å². The maximum Gasteiger partial charge on any atom is 0.513 e. The van der Waals surface area contributed by atoms with Gasteiger partial charge in [-0.1, -0.05) is 11.6 Å². The van der Waals surface area contributed by atoms with Gasteiger partial charge in [-0.3, -0.25) is 4.79 Å². The smallest absolute Gasteiger partial charge is 0.497 e. The fourth-order valence-electron chi connectivity index (χ4n) is 3.63. The number of carbonyl (C=O) groups is 2. The summed E-state index contributed by atoms with van der Waals surface area (Å²) in [6.45, 7) is 2.44. The molecule has 160 valence electrons. The van der Waals surface area contributed by atoms with Crippen LogP contribution in [0.3, 0.4) is 0 Å². The van der Waals surface area contributed by atoms with Gasteiger partial charge < -0.3 is 24.8 Å². The minimum absolute atomic E-state index is 0.161. The summed E-state index contributed by atoms with van der Waals surface area (Å²) in [5, 5.41) is 0.376.